The van der Waals surface area contributed by atoms with E-state index in [4.69, 9.17) is 16.3 Å². The van der Waals surface area contributed by atoms with Crippen molar-refractivity contribution in [1.29, 1.82) is 0 Å². The summed E-state index contributed by atoms with van der Waals surface area (Å²) in [6, 6.07) is 5.08. The number of nitrogens with zero attached hydrogens (tertiary/aromatic N) is 1. The number of amides is 1. The molecule has 5 heteroatoms. The van der Waals surface area contributed by atoms with E-state index in [1.54, 1.807) is 18.2 Å². The SMILES string of the molecule is COc1cccc(NC(=O)CCl)n1. The number of hydrogen-bond donors (Lipinski definition) is 1. The van der Waals surface area contributed by atoms with E-state index in [2.05, 4.69) is 10.3 Å². The number of aromatic nitrogens is 1. The van der Waals surface area contributed by atoms with Gasteiger partial charge in [0.2, 0.25) is 11.8 Å². The van der Waals surface area contributed by atoms with Crippen LogP contribution in [0.1, 0.15) is 0 Å². The van der Waals surface area contributed by atoms with E-state index in [9.17, 15) is 4.79 Å². The van der Waals surface area contributed by atoms with Gasteiger partial charge in [0.05, 0.1) is 7.11 Å². The number of halogens is 1. The van der Waals surface area contributed by atoms with Crippen LogP contribution in [-0.2, 0) is 4.79 Å². The maximum atomic E-state index is 10.9. The fraction of sp³-hybridized carbons (Fsp3) is 0.250. The van der Waals surface area contributed by atoms with Gasteiger partial charge in [-0.05, 0) is 6.07 Å². The lowest BCUT2D eigenvalue weighted by Crippen LogP contribution is -2.13. The Morgan fingerprint density at radius 1 is 1.69 bits per heavy atom. The van der Waals surface area contributed by atoms with Crippen LogP contribution in [0.15, 0.2) is 18.2 Å². The van der Waals surface area contributed by atoms with Gasteiger partial charge in [-0.3, -0.25) is 4.79 Å². The maximum Gasteiger partial charge on any atom is 0.240 e. The summed E-state index contributed by atoms with van der Waals surface area (Å²) in [5.74, 6) is 0.513. The second-order valence-corrected chi connectivity index (χ2v) is 2.51. The van der Waals surface area contributed by atoms with Gasteiger partial charge in [-0.2, -0.15) is 4.98 Å². The van der Waals surface area contributed by atoms with Crippen molar-refractivity contribution in [2.75, 3.05) is 18.3 Å². The van der Waals surface area contributed by atoms with E-state index in [0.717, 1.165) is 0 Å². The van der Waals surface area contributed by atoms with Crippen molar-refractivity contribution < 1.29 is 9.53 Å². The first-order chi connectivity index (χ1) is 6.26. The van der Waals surface area contributed by atoms with Crippen LogP contribution in [0.25, 0.3) is 0 Å². The largest absolute Gasteiger partial charge is 0.481 e. The van der Waals surface area contributed by atoms with Crippen molar-refractivity contribution in [3.63, 3.8) is 0 Å². The molecule has 0 fully saturated rings. The number of hydrogen-bond acceptors (Lipinski definition) is 3. The molecular weight excluding hydrogens is 192 g/mol. The van der Waals surface area contributed by atoms with E-state index in [1.165, 1.54) is 7.11 Å². The number of pyridine rings is 1. The molecule has 0 radical (unpaired) electrons. The molecular formula is C8H9ClN2O2. The van der Waals surface area contributed by atoms with Crippen LogP contribution in [0.2, 0.25) is 0 Å². The van der Waals surface area contributed by atoms with E-state index in [1.807, 2.05) is 0 Å². The lowest BCUT2D eigenvalue weighted by Gasteiger charge is -2.03. The van der Waals surface area contributed by atoms with E-state index in [0.29, 0.717) is 11.7 Å². The van der Waals surface area contributed by atoms with Crippen LogP contribution >= 0.6 is 11.6 Å². The molecule has 1 rings (SSSR count). The van der Waals surface area contributed by atoms with Crippen molar-refractivity contribution in [3.8, 4) is 5.88 Å². The molecule has 13 heavy (non-hydrogen) atoms. The van der Waals surface area contributed by atoms with Crippen LogP contribution in [0.4, 0.5) is 5.82 Å². The first-order valence-electron chi connectivity index (χ1n) is 3.63. The monoisotopic (exact) mass is 200 g/mol. The van der Waals surface area contributed by atoms with Crippen molar-refractivity contribution >= 4 is 23.3 Å². The highest BCUT2D eigenvalue weighted by Gasteiger charge is 2.01. The number of alkyl halides is 1. The zero-order chi connectivity index (χ0) is 9.68. The Balaban J connectivity index is 2.71. The zero-order valence-corrected chi connectivity index (χ0v) is 7.84. The number of nitrogens with one attached hydrogen (secondary N) is 1. The van der Waals surface area contributed by atoms with Crippen LogP contribution in [-0.4, -0.2) is 23.9 Å². The molecule has 0 saturated carbocycles. The van der Waals surface area contributed by atoms with Crippen LogP contribution < -0.4 is 10.1 Å². The summed E-state index contributed by atoms with van der Waals surface area (Å²) in [6.07, 6.45) is 0. The van der Waals surface area contributed by atoms with Crippen molar-refractivity contribution in [1.82, 2.24) is 4.98 Å². The smallest absolute Gasteiger partial charge is 0.240 e. The highest BCUT2D eigenvalue weighted by Crippen LogP contribution is 2.10. The molecule has 0 aromatic carbocycles. The Bertz CT molecular complexity index is 304. The normalized spacial score (nSPS) is 9.38. The molecule has 1 heterocycles. The fourth-order valence-electron chi connectivity index (χ4n) is 0.774. The summed E-state index contributed by atoms with van der Waals surface area (Å²) in [7, 11) is 1.51. The zero-order valence-electron chi connectivity index (χ0n) is 7.08. The number of rotatable bonds is 3. The van der Waals surface area contributed by atoms with Crippen LogP contribution in [0.5, 0.6) is 5.88 Å². The third kappa shape index (κ3) is 2.91. The topological polar surface area (TPSA) is 51.2 Å². The number of methoxy groups -OCH3 is 1. The Hall–Kier alpha value is -1.29. The van der Waals surface area contributed by atoms with Gasteiger partial charge in [0, 0.05) is 6.07 Å². The fourth-order valence-corrected chi connectivity index (χ4v) is 0.841. The van der Waals surface area contributed by atoms with Gasteiger partial charge < -0.3 is 10.1 Å². The van der Waals surface area contributed by atoms with Gasteiger partial charge in [0.1, 0.15) is 11.7 Å². The third-order valence-electron chi connectivity index (χ3n) is 1.32. The maximum absolute atomic E-state index is 10.9. The molecule has 1 aromatic heterocycles. The van der Waals surface area contributed by atoms with Gasteiger partial charge in [0.15, 0.2) is 0 Å². The Labute approximate surface area is 80.9 Å². The van der Waals surface area contributed by atoms with Gasteiger partial charge >= 0.3 is 0 Å². The molecule has 1 amide bonds. The highest BCUT2D eigenvalue weighted by atomic mass is 35.5. The standard InChI is InChI=1S/C8H9ClN2O2/c1-13-8-4-2-3-6(11-8)10-7(12)5-9/h2-4H,5H2,1H3,(H,10,11,12). The van der Waals surface area contributed by atoms with E-state index in [-0.39, 0.29) is 11.8 Å². The molecule has 70 valence electrons. The molecule has 0 spiro atoms. The van der Waals surface area contributed by atoms with Gasteiger partial charge in [-0.25, -0.2) is 0 Å². The van der Waals surface area contributed by atoms with Crippen LogP contribution in [0.3, 0.4) is 0 Å². The van der Waals surface area contributed by atoms with E-state index < -0.39 is 0 Å². The van der Waals surface area contributed by atoms with Gasteiger partial charge in [-0.1, -0.05) is 6.07 Å². The highest BCUT2D eigenvalue weighted by molar-refractivity contribution is 6.28. The molecule has 4 nitrogen and oxygen atoms in total. The molecule has 0 saturated heterocycles. The minimum absolute atomic E-state index is 0.0844. The molecule has 0 aliphatic carbocycles. The number of carbonyl (C=O) groups is 1. The number of carbonyl (C=O) groups excluding carboxylic acids is 1. The second kappa shape index (κ2) is 4.67. The Morgan fingerprint density at radius 3 is 3.08 bits per heavy atom. The van der Waals surface area contributed by atoms with Crippen LogP contribution in [0, 0.1) is 0 Å². The quantitative estimate of drug-likeness (QED) is 0.748. The average Bonchev–Trinajstić information content (AvgIpc) is 2.18. The molecule has 0 bridgehead atoms. The summed E-state index contributed by atoms with van der Waals surface area (Å²) in [4.78, 5) is 14.8. The predicted octanol–water partition coefficient (Wildman–Crippen LogP) is 1.27. The summed E-state index contributed by atoms with van der Waals surface area (Å²) in [6.45, 7) is 0. The molecule has 1 aromatic rings. The van der Waals surface area contributed by atoms with Gasteiger partial charge in [-0.15, -0.1) is 11.6 Å². The summed E-state index contributed by atoms with van der Waals surface area (Å²) < 4.78 is 4.87. The van der Waals surface area contributed by atoms with Crippen molar-refractivity contribution in [2.45, 2.75) is 0 Å². The number of ether oxygens (including phenoxy) is 1. The lowest BCUT2D eigenvalue weighted by molar-refractivity contribution is -0.113. The molecule has 0 unspecified atom stereocenters. The van der Waals surface area contributed by atoms with Crippen molar-refractivity contribution in [3.05, 3.63) is 18.2 Å². The molecule has 0 atom stereocenters. The average molecular weight is 201 g/mol. The lowest BCUT2D eigenvalue weighted by atomic mass is 10.4. The van der Waals surface area contributed by atoms with Crippen molar-refractivity contribution in [2.24, 2.45) is 0 Å². The summed E-state index contributed by atoms with van der Waals surface area (Å²) in [5.41, 5.74) is 0. The minimum atomic E-state index is -0.289. The first kappa shape index (κ1) is 9.80. The summed E-state index contributed by atoms with van der Waals surface area (Å²) >= 11 is 5.30. The summed E-state index contributed by atoms with van der Waals surface area (Å²) in [5, 5.41) is 2.50. The second-order valence-electron chi connectivity index (χ2n) is 2.25. The minimum Gasteiger partial charge on any atom is -0.481 e. The Morgan fingerprint density at radius 2 is 2.46 bits per heavy atom. The van der Waals surface area contributed by atoms with Gasteiger partial charge in [0.25, 0.3) is 0 Å². The molecule has 1 N–H and O–H groups in total. The van der Waals surface area contributed by atoms with E-state index >= 15 is 0 Å². The molecule has 0 aliphatic rings. The first-order valence-corrected chi connectivity index (χ1v) is 4.16. The molecule has 0 aliphatic heterocycles. The predicted molar refractivity (Wildman–Crippen MR) is 50.1 cm³/mol. The number of anilines is 1. The Kier molecular flexibility index (Phi) is 3.52. The third-order valence-corrected chi connectivity index (χ3v) is 1.56.